The Kier molecular flexibility index (Phi) is 4.84. The summed E-state index contributed by atoms with van der Waals surface area (Å²) in [6.45, 7) is 0.174. The van der Waals surface area contributed by atoms with Gasteiger partial charge in [-0.25, -0.2) is 9.18 Å². The summed E-state index contributed by atoms with van der Waals surface area (Å²) in [5, 5.41) is 0. The quantitative estimate of drug-likeness (QED) is 0.877. The molecule has 19 heavy (non-hydrogen) atoms. The zero-order valence-electron chi connectivity index (χ0n) is 9.56. The van der Waals surface area contributed by atoms with Crippen LogP contribution in [0.4, 0.5) is 9.18 Å². The molecular weight excluding hydrogens is 353 g/mol. The van der Waals surface area contributed by atoms with Crippen molar-refractivity contribution in [1.82, 2.24) is 0 Å². The molecule has 0 spiro atoms. The van der Waals surface area contributed by atoms with Crippen molar-refractivity contribution in [3.8, 4) is 0 Å². The molecule has 2 rings (SSSR count). The van der Waals surface area contributed by atoms with E-state index in [1.165, 1.54) is 29.2 Å². The Balaban J connectivity index is 2.02. The molecule has 0 fully saturated rings. The van der Waals surface area contributed by atoms with E-state index in [4.69, 9.17) is 10.5 Å². The summed E-state index contributed by atoms with van der Waals surface area (Å²) in [7, 11) is 0. The van der Waals surface area contributed by atoms with Gasteiger partial charge in [-0.05, 0) is 46.3 Å². The first-order chi connectivity index (χ1) is 9.04. The molecule has 7 heteroatoms. The normalized spacial score (nSPS) is 10.4. The van der Waals surface area contributed by atoms with Crippen LogP contribution in [0.25, 0.3) is 0 Å². The number of thiophene rings is 1. The maximum atomic E-state index is 13.1. The van der Waals surface area contributed by atoms with Crippen molar-refractivity contribution >= 4 is 45.1 Å². The second-order valence-corrected chi connectivity index (χ2v) is 6.90. The summed E-state index contributed by atoms with van der Waals surface area (Å²) in [5.74, 6) is -0.286. The summed E-state index contributed by atoms with van der Waals surface area (Å²) in [6, 6.07) is 8.64. The number of nitrogens with two attached hydrogens (primary N) is 1. The number of ether oxygens (including phenoxy) is 1. The maximum Gasteiger partial charge on any atom is 0.404 e. The highest BCUT2D eigenvalue weighted by Crippen LogP contribution is 2.35. The molecule has 0 saturated carbocycles. The van der Waals surface area contributed by atoms with E-state index in [0.29, 0.717) is 4.47 Å². The molecule has 2 aromatic rings. The molecule has 1 heterocycles. The zero-order valence-corrected chi connectivity index (χ0v) is 12.8. The average Bonchev–Trinajstić information content (AvgIpc) is 2.79. The minimum atomic E-state index is -0.787. The smallest absolute Gasteiger partial charge is 0.404 e. The summed E-state index contributed by atoms with van der Waals surface area (Å²) in [5.41, 5.74) is 4.90. The molecule has 3 nitrogen and oxygen atoms in total. The third-order valence-corrected chi connectivity index (χ3v) is 4.89. The molecule has 1 aromatic carbocycles. The standard InChI is InChI=1S/C12H9BrFNO2S2/c13-9-5-7(1-3-10(9)14)18-11-4-2-8(19-11)6-17-12(15)16/h1-5H,6H2,(H2,15,16). The van der Waals surface area contributed by atoms with Crippen molar-refractivity contribution in [3.05, 3.63) is 45.5 Å². The fourth-order valence-corrected chi connectivity index (χ4v) is 3.93. The first-order valence-electron chi connectivity index (χ1n) is 5.18. The monoisotopic (exact) mass is 361 g/mol. The van der Waals surface area contributed by atoms with Crippen LogP contribution in [-0.4, -0.2) is 6.09 Å². The van der Waals surface area contributed by atoms with E-state index in [9.17, 15) is 9.18 Å². The Bertz CT molecular complexity index is 603. The topological polar surface area (TPSA) is 52.3 Å². The van der Waals surface area contributed by atoms with E-state index >= 15 is 0 Å². The average molecular weight is 362 g/mol. The van der Waals surface area contributed by atoms with E-state index in [-0.39, 0.29) is 12.4 Å². The zero-order chi connectivity index (χ0) is 13.8. The van der Waals surface area contributed by atoms with Gasteiger partial charge in [0.15, 0.2) is 0 Å². The van der Waals surface area contributed by atoms with E-state index < -0.39 is 6.09 Å². The van der Waals surface area contributed by atoms with E-state index in [2.05, 4.69) is 15.9 Å². The lowest BCUT2D eigenvalue weighted by Gasteiger charge is -2.00. The third kappa shape index (κ3) is 4.22. The first-order valence-corrected chi connectivity index (χ1v) is 7.61. The number of benzene rings is 1. The van der Waals surface area contributed by atoms with Crippen LogP contribution in [0.3, 0.4) is 0 Å². The van der Waals surface area contributed by atoms with Gasteiger partial charge in [0.2, 0.25) is 0 Å². The van der Waals surface area contributed by atoms with Crippen molar-refractivity contribution < 1.29 is 13.9 Å². The molecule has 0 aliphatic heterocycles. The van der Waals surface area contributed by atoms with Gasteiger partial charge in [-0.2, -0.15) is 0 Å². The number of rotatable bonds is 4. The Labute approximate surface area is 126 Å². The second kappa shape index (κ2) is 6.40. The summed E-state index contributed by atoms with van der Waals surface area (Å²) < 4.78 is 19.3. The van der Waals surface area contributed by atoms with Crippen LogP contribution in [0, 0.1) is 5.82 Å². The fraction of sp³-hybridized carbons (Fsp3) is 0.0833. The lowest BCUT2D eigenvalue weighted by molar-refractivity contribution is 0.151. The van der Waals surface area contributed by atoms with Gasteiger partial charge in [0.05, 0.1) is 8.68 Å². The highest BCUT2D eigenvalue weighted by Gasteiger charge is 2.06. The molecule has 0 bridgehead atoms. The number of hydrogen-bond acceptors (Lipinski definition) is 4. The van der Waals surface area contributed by atoms with Crippen molar-refractivity contribution in [1.29, 1.82) is 0 Å². The summed E-state index contributed by atoms with van der Waals surface area (Å²) >= 11 is 6.17. The largest absolute Gasteiger partial charge is 0.444 e. The van der Waals surface area contributed by atoms with E-state index in [1.54, 1.807) is 12.1 Å². The second-order valence-electron chi connectivity index (χ2n) is 3.51. The lowest BCUT2D eigenvalue weighted by Crippen LogP contribution is -2.11. The molecule has 0 atom stereocenters. The summed E-state index contributed by atoms with van der Waals surface area (Å²) in [4.78, 5) is 12.3. The van der Waals surface area contributed by atoms with Gasteiger partial charge in [0.1, 0.15) is 12.4 Å². The molecule has 1 aromatic heterocycles. The Morgan fingerprint density at radius 1 is 1.42 bits per heavy atom. The number of hydrogen-bond donors (Lipinski definition) is 1. The van der Waals surface area contributed by atoms with Crippen molar-refractivity contribution in [2.24, 2.45) is 5.73 Å². The van der Waals surface area contributed by atoms with Crippen LogP contribution >= 0.6 is 39.0 Å². The van der Waals surface area contributed by atoms with E-state index in [1.807, 2.05) is 12.1 Å². The van der Waals surface area contributed by atoms with Crippen molar-refractivity contribution in [2.45, 2.75) is 15.7 Å². The third-order valence-electron chi connectivity index (χ3n) is 2.10. The predicted molar refractivity (Wildman–Crippen MR) is 76.9 cm³/mol. The summed E-state index contributed by atoms with van der Waals surface area (Å²) in [6.07, 6.45) is -0.787. The van der Waals surface area contributed by atoms with Crippen LogP contribution in [0.15, 0.2) is 43.9 Å². The molecule has 2 N–H and O–H groups in total. The minimum absolute atomic E-state index is 0.174. The van der Waals surface area contributed by atoms with Gasteiger partial charge < -0.3 is 10.5 Å². The maximum absolute atomic E-state index is 13.1. The molecule has 1 amide bonds. The van der Waals surface area contributed by atoms with Crippen molar-refractivity contribution in [2.75, 3.05) is 0 Å². The molecule has 0 aliphatic rings. The molecule has 100 valence electrons. The number of primary amides is 1. The minimum Gasteiger partial charge on any atom is -0.444 e. The number of halogens is 2. The SMILES string of the molecule is NC(=O)OCc1ccc(Sc2ccc(F)c(Br)c2)s1. The highest BCUT2D eigenvalue weighted by atomic mass is 79.9. The van der Waals surface area contributed by atoms with Crippen LogP contribution in [0.1, 0.15) is 4.88 Å². The fourth-order valence-electron chi connectivity index (χ4n) is 1.29. The van der Waals surface area contributed by atoms with Crippen molar-refractivity contribution in [3.63, 3.8) is 0 Å². The van der Waals surface area contributed by atoms with Gasteiger partial charge in [-0.15, -0.1) is 11.3 Å². The molecular formula is C12H9BrFNO2S2. The van der Waals surface area contributed by atoms with Gasteiger partial charge >= 0.3 is 6.09 Å². The number of carbonyl (C=O) groups is 1. The first kappa shape index (κ1) is 14.4. The van der Waals surface area contributed by atoms with Crippen LogP contribution < -0.4 is 5.73 Å². The Morgan fingerprint density at radius 3 is 2.89 bits per heavy atom. The van der Waals surface area contributed by atoms with Gasteiger partial charge in [0.25, 0.3) is 0 Å². The number of amides is 1. The molecule has 0 aliphatic carbocycles. The molecule has 0 unspecified atom stereocenters. The van der Waals surface area contributed by atoms with E-state index in [0.717, 1.165) is 14.0 Å². The number of carbonyl (C=O) groups excluding carboxylic acids is 1. The van der Waals surface area contributed by atoms with Crippen LogP contribution in [-0.2, 0) is 11.3 Å². The van der Waals surface area contributed by atoms with Crippen LogP contribution in [0.2, 0.25) is 0 Å². The Morgan fingerprint density at radius 2 is 2.21 bits per heavy atom. The highest BCUT2D eigenvalue weighted by molar-refractivity contribution is 9.10. The van der Waals surface area contributed by atoms with Gasteiger partial charge in [-0.1, -0.05) is 11.8 Å². The van der Waals surface area contributed by atoms with Crippen LogP contribution in [0.5, 0.6) is 0 Å². The Hall–Kier alpha value is -1.05. The molecule has 0 saturated heterocycles. The van der Waals surface area contributed by atoms with Gasteiger partial charge in [-0.3, -0.25) is 0 Å². The lowest BCUT2D eigenvalue weighted by atomic mass is 10.3. The predicted octanol–water partition coefficient (Wildman–Crippen LogP) is 4.40. The van der Waals surface area contributed by atoms with Gasteiger partial charge in [0, 0.05) is 9.77 Å². The molecule has 0 radical (unpaired) electrons.